The van der Waals surface area contributed by atoms with Crippen LogP contribution < -0.4 is 5.73 Å². The Morgan fingerprint density at radius 1 is 1.50 bits per heavy atom. The number of hydrogen-bond donors (Lipinski definition) is 1. The molecule has 1 fully saturated rings. The number of hydrogen-bond acceptors (Lipinski definition) is 5. The Kier molecular flexibility index (Phi) is 4.49. The molecular weight excluding hydrogens is 254 g/mol. The van der Waals surface area contributed by atoms with Crippen molar-refractivity contribution in [2.24, 2.45) is 11.7 Å². The van der Waals surface area contributed by atoms with E-state index in [2.05, 4.69) is 17.1 Å². The maximum atomic E-state index is 6.07. The van der Waals surface area contributed by atoms with Gasteiger partial charge in [0.15, 0.2) is 0 Å². The van der Waals surface area contributed by atoms with Crippen LogP contribution >= 0.6 is 0 Å². The summed E-state index contributed by atoms with van der Waals surface area (Å²) in [5, 5.41) is 4.21. The largest absolute Gasteiger partial charge is 0.367 e. The number of aromatic nitrogens is 2. The summed E-state index contributed by atoms with van der Waals surface area (Å²) in [5.41, 5.74) is 5.11. The zero-order valence-corrected chi connectivity index (χ0v) is 13.1. The molecule has 1 saturated carbocycles. The first-order valence-corrected chi connectivity index (χ1v) is 7.62. The van der Waals surface area contributed by atoms with Gasteiger partial charge in [0.2, 0.25) is 11.7 Å². The van der Waals surface area contributed by atoms with Crippen LogP contribution in [0.25, 0.3) is 0 Å². The Balaban J connectivity index is 2.31. The second-order valence-electron chi connectivity index (χ2n) is 6.64. The van der Waals surface area contributed by atoms with Gasteiger partial charge in [-0.15, -0.1) is 0 Å². The van der Waals surface area contributed by atoms with Crippen molar-refractivity contribution in [2.45, 2.75) is 64.4 Å². The van der Waals surface area contributed by atoms with E-state index in [0.29, 0.717) is 30.8 Å². The van der Waals surface area contributed by atoms with Crippen LogP contribution in [0.3, 0.4) is 0 Å². The normalized spacial score (nSPS) is 27.8. The minimum absolute atomic E-state index is 0.293. The fourth-order valence-corrected chi connectivity index (χ4v) is 2.95. The molecule has 1 aliphatic carbocycles. The van der Waals surface area contributed by atoms with Crippen molar-refractivity contribution in [1.29, 1.82) is 0 Å². The first-order valence-electron chi connectivity index (χ1n) is 7.62. The van der Waals surface area contributed by atoms with E-state index in [-0.39, 0.29) is 11.0 Å². The van der Waals surface area contributed by atoms with Crippen molar-refractivity contribution in [3.63, 3.8) is 0 Å². The Bertz CT molecular complexity index is 440. The maximum absolute atomic E-state index is 6.07. The molecule has 2 rings (SSSR count). The lowest BCUT2D eigenvalue weighted by atomic mass is 9.78. The van der Waals surface area contributed by atoms with Crippen molar-refractivity contribution >= 4 is 0 Å². The molecule has 2 atom stereocenters. The topological polar surface area (TPSA) is 74.2 Å². The van der Waals surface area contributed by atoms with Gasteiger partial charge in [-0.1, -0.05) is 18.5 Å². The second-order valence-corrected chi connectivity index (χ2v) is 6.64. The average Bonchev–Trinajstić information content (AvgIpc) is 2.90. The van der Waals surface area contributed by atoms with Gasteiger partial charge in [0, 0.05) is 13.2 Å². The minimum Gasteiger partial charge on any atom is -0.367 e. The fourth-order valence-electron chi connectivity index (χ4n) is 2.95. The first-order chi connectivity index (χ1) is 9.43. The van der Waals surface area contributed by atoms with Gasteiger partial charge in [-0.3, -0.25) is 0 Å². The number of rotatable bonds is 5. The molecule has 2 N–H and O–H groups in total. The van der Waals surface area contributed by atoms with Crippen molar-refractivity contribution in [2.75, 3.05) is 13.2 Å². The van der Waals surface area contributed by atoms with Gasteiger partial charge in [0.25, 0.3) is 0 Å². The third-order valence-electron chi connectivity index (χ3n) is 4.30. The minimum atomic E-state index is -0.376. The highest BCUT2D eigenvalue weighted by Gasteiger charge is 2.42. The van der Waals surface area contributed by atoms with E-state index in [0.717, 1.165) is 19.3 Å². The Labute approximate surface area is 121 Å². The van der Waals surface area contributed by atoms with Crippen LogP contribution in [0.1, 0.15) is 65.1 Å². The van der Waals surface area contributed by atoms with Crippen molar-refractivity contribution in [3.8, 4) is 0 Å². The van der Waals surface area contributed by atoms with E-state index >= 15 is 0 Å². The van der Waals surface area contributed by atoms with Gasteiger partial charge in [-0.05, 0) is 46.0 Å². The highest BCUT2D eigenvalue weighted by molar-refractivity contribution is 5.08. The summed E-state index contributed by atoms with van der Waals surface area (Å²) in [4.78, 5) is 4.62. The molecule has 0 bridgehead atoms. The Morgan fingerprint density at radius 2 is 2.25 bits per heavy atom. The molecule has 0 aromatic carbocycles. The third-order valence-corrected chi connectivity index (χ3v) is 4.30. The maximum Gasteiger partial charge on any atom is 0.233 e. The number of nitrogens with zero attached hydrogens (tertiary/aromatic N) is 2. The Hall–Kier alpha value is -0.940. The molecule has 0 saturated heterocycles. The summed E-state index contributed by atoms with van der Waals surface area (Å²) in [6, 6.07) is 0. The van der Waals surface area contributed by atoms with Crippen LogP contribution in [-0.4, -0.2) is 23.3 Å². The molecule has 1 aliphatic rings. The van der Waals surface area contributed by atoms with E-state index in [1.54, 1.807) is 0 Å². The molecule has 0 amide bonds. The highest BCUT2D eigenvalue weighted by atomic mass is 16.5. The molecule has 5 heteroatoms. The van der Waals surface area contributed by atoms with E-state index in [1.165, 1.54) is 6.42 Å². The smallest absolute Gasteiger partial charge is 0.233 e. The van der Waals surface area contributed by atoms with Crippen molar-refractivity contribution in [1.82, 2.24) is 10.1 Å². The summed E-state index contributed by atoms with van der Waals surface area (Å²) in [5.74, 6) is 1.93. The summed E-state index contributed by atoms with van der Waals surface area (Å²) < 4.78 is 11.5. The van der Waals surface area contributed by atoms with Gasteiger partial charge in [-0.25, -0.2) is 0 Å². The molecular formula is C15H27N3O2. The van der Waals surface area contributed by atoms with E-state index in [9.17, 15) is 0 Å². The average molecular weight is 281 g/mol. The zero-order chi connectivity index (χ0) is 14.8. The molecule has 2 unspecified atom stereocenters. The van der Waals surface area contributed by atoms with Crippen molar-refractivity contribution in [3.05, 3.63) is 11.7 Å². The summed E-state index contributed by atoms with van der Waals surface area (Å²) in [6.07, 6.45) is 4.31. The van der Waals surface area contributed by atoms with Crippen LogP contribution in [0.15, 0.2) is 4.52 Å². The van der Waals surface area contributed by atoms with Crippen molar-refractivity contribution < 1.29 is 9.26 Å². The highest BCUT2D eigenvalue weighted by Crippen LogP contribution is 2.42. The van der Waals surface area contributed by atoms with Crippen LogP contribution in [0.2, 0.25) is 0 Å². The van der Waals surface area contributed by atoms with E-state index in [4.69, 9.17) is 15.0 Å². The van der Waals surface area contributed by atoms with E-state index in [1.807, 2.05) is 20.8 Å². The number of nitrogens with two attached hydrogens (primary N) is 1. The summed E-state index contributed by atoms with van der Waals surface area (Å²) in [6.45, 7) is 9.45. The third kappa shape index (κ3) is 2.88. The quantitative estimate of drug-likeness (QED) is 0.898. The van der Waals surface area contributed by atoms with Crippen LogP contribution in [0, 0.1) is 5.92 Å². The van der Waals surface area contributed by atoms with Gasteiger partial charge in [-0.2, -0.15) is 4.98 Å². The molecule has 0 radical (unpaired) electrons. The predicted octanol–water partition coefficient (Wildman–Crippen LogP) is 2.75. The van der Waals surface area contributed by atoms with Crippen LogP contribution in [0.5, 0.6) is 0 Å². The summed E-state index contributed by atoms with van der Waals surface area (Å²) >= 11 is 0. The van der Waals surface area contributed by atoms with Gasteiger partial charge < -0.3 is 15.0 Å². The molecule has 5 nitrogen and oxygen atoms in total. The molecule has 0 aliphatic heterocycles. The standard InChI is InChI=1S/C15H27N3O2/c1-5-19-15(8-6-7-11(2)9-15)12-17-13(20-18-12)14(3,4)10-16/h11H,5-10,16H2,1-4H3. The van der Waals surface area contributed by atoms with E-state index < -0.39 is 0 Å². The fraction of sp³-hybridized carbons (Fsp3) is 0.867. The van der Waals surface area contributed by atoms with Gasteiger partial charge in [0.1, 0.15) is 5.60 Å². The lowest BCUT2D eigenvalue weighted by molar-refractivity contribution is -0.0891. The predicted molar refractivity (Wildman–Crippen MR) is 77.3 cm³/mol. The zero-order valence-electron chi connectivity index (χ0n) is 13.1. The van der Waals surface area contributed by atoms with Gasteiger partial charge >= 0.3 is 0 Å². The second kappa shape index (κ2) is 5.82. The number of ether oxygens (including phenoxy) is 1. The molecule has 1 aromatic rings. The summed E-state index contributed by atoms with van der Waals surface area (Å²) in [7, 11) is 0. The molecule has 20 heavy (non-hydrogen) atoms. The van der Waals surface area contributed by atoms with Crippen LogP contribution in [0.4, 0.5) is 0 Å². The lowest BCUT2D eigenvalue weighted by Gasteiger charge is -2.37. The monoisotopic (exact) mass is 281 g/mol. The first kappa shape index (κ1) is 15.4. The molecule has 0 spiro atoms. The Morgan fingerprint density at radius 3 is 2.85 bits per heavy atom. The molecule has 1 aromatic heterocycles. The SMILES string of the molecule is CCOC1(c2noc(C(C)(C)CN)n2)CCCC(C)C1. The lowest BCUT2D eigenvalue weighted by Crippen LogP contribution is -2.36. The molecule has 114 valence electrons. The molecule has 1 heterocycles. The van der Waals surface area contributed by atoms with Gasteiger partial charge in [0.05, 0.1) is 5.41 Å². The van der Waals surface area contributed by atoms with Crippen LogP contribution in [-0.2, 0) is 15.8 Å².